The Hall–Kier alpha value is -4.66. The molecule has 0 saturated heterocycles. The molecule has 0 atom stereocenters. The summed E-state index contributed by atoms with van der Waals surface area (Å²) in [7, 11) is 0. The zero-order valence-electron chi connectivity index (χ0n) is 21.5. The molecule has 0 fully saturated rings. The molecule has 196 valence electrons. The lowest BCUT2D eigenvalue weighted by Crippen LogP contribution is -2.41. The van der Waals surface area contributed by atoms with Crippen molar-refractivity contribution in [3.63, 3.8) is 0 Å². The smallest absolute Gasteiger partial charge is 0.323 e. The van der Waals surface area contributed by atoms with E-state index in [9.17, 15) is 19.2 Å². The Bertz CT molecular complexity index is 1400. The van der Waals surface area contributed by atoms with E-state index in [4.69, 9.17) is 5.11 Å². The van der Waals surface area contributed by atoms with Crippen molar-refractivity contribution >= 4 is 40.8 Å². The first-order chi connectivity index (χ1) is 18.0. The van der Waals surface area contributed by atoms with Crippen molar-refractivity contribution in [2.45, 2.75) is 32.7 Å². The standard InChI is InChI=1S/C29H30N4O5/c1-18-6-4-5-7-24(18)31-28(38)30-21-10-8-19(9-11-21)26(36)29(2,3)32-22-12-13-23-20(16-22)14-15-33(27(23)37)17-25(34)35/h4-13,16,32H,14-15,17H2,1-3H3,(H,34,35)(H2,30,31,38). The number of anilines is 3. The average Bonchev–Trinajstić information content (AvgIpc) is 2.87. The van der Waals surface area contributed by atoms with E-state index in [1.165, 1.54) is 4.90 Å². The van der Waals surface area contributed by atoms with Gasteiger partial charge in [0.1, 0.15) is 6.54 Å². The number of carbonyl (C=O) groups is 4. The molecule has 3 amide bonds. The molecule has 1 heterocycles. The van der Waals surface area contributed by atoms with Gasteiger partial charge in [0.15, 0.2) is 5.78 Å². The summed E-state index contributed by atoms with van der Waals surface area (Å²) < 4.78 is 0. The number of carboxylic acids is 1. The van der Waals surface area contributed by atoms with Crippen molar-refractivity contribution in [3.05, 3.63) is 89.0 Å². The summed E-state index contributed by atoms with van der Waals surface area (Å²) >= 11 is 0. The number of fused-ring (bicyclic) bond motifs is 1. The van der Waals surface area contributed by atoms with Gasteiger partial charge in [-0.15, -0.1) is 0 Å². The highest BCUT2D eigenvalue weighted by atomic mass is 16.4. The van der Waals surface area contributed by atoms with Crippen LogP contribution < -0.4 is 16.0 Å². The van der Waals surface area contributed by atoms with Gasteiger partial charge in [0.25, 0.3) is 5.91 Å². The van der Waals surface area contributed by atoms with E-state index in [1.807, 2.05) is 37.3 Å². The second-order valence-corrected chi connectivity index (χ2v) is 9.79. The van der Waals surface area contributed by atoms with E-state index in [2.05, 4.69) is 16.0 Å². The summed E-state index contributed by atoms with van der Waals surface area (Å²) in [5, 5.41) is 17.8. The highest BCUT2D eigenvalue weighted by Crippen LogP contribution is 2.26. The normalized spacial score (nSPS) is 12.9. The maximum atomic E-state index is 13.3. The van der Waals surface area contributed by atoms with Crippen LogP contribution in [0.15, 0.2) is 66.7 Å². The lowest BCUT2D eigenvalue weighted by atomic mass is 9.92. The van der Waals surface area contributed by atoms with Gasteiger partial charge in [-0.25, -0.2) is 4.79 Å². The molecule has 0 radical (unpaired) electrons. The van der Waals surface area contributed by atoms with Crippen LogP contribution in [-0.4, -0.2) is 52.3 Å². The molecular weight excluding hydrogens is 484 g/mol. The summed E-state index contributed by atoms with van der Waals surface area (Å²) in [6, 6.07) is 19.0. The number of urea groups is 1. The van der Waals surface area contributed by atoms with E-state index < -0.39 is 11.5 Å². The summed E-state index contributed by atoms with van der Waals surface area (Å²) in [5.74, 6) is -1.50. The predicted molar refractivity (Wildman–Crippen MR) is 146 cm³/mol. The molecule has 3 aromatic carbocycles. The molecule has 0 unspecified atom stereocenters. The predicted octanol–water partition coefficient (Wildman–Crippen LogP) is 4.80. The quantitative estimate of drug-likeness (QED) is 0.320. The number of nitrogens with one attached hydrogen (secondary N) is 3. The van der Waals surface area contributed by atoms with Gasteiger partial charge < -0.3 is 26.0 Å². The third kappa shape index (κ3) is 6.00. The van der Waals surface area contributed by atoms with Gasteiger partial charge in [-0.1, -0.05) is 18.2 Å². The molecule has 4 rings (SSSR count). The first kappa shape index (κ1) is 26.4. The van der Waals surface area contributed by atoms with Crippen LogP contribution in [0, 0.1) is 6.92 Å². The minimum atomic E-state index is -1.05. The number of Topliss-reactive ketones (excluding diaryl/α,β-unsaturated/α-hetero) is 1. The van der Waals surface area contributed by atoms with Crippen molar-refractivity contribution in [1.29, 1.82) is 0 Å². The molecule has 0 aromatic heterocycles. The molecule has 4 N–H and O–H groups in total. The van der Waals surface area contributed by atoms with Crippen molar-refractivity contribution in [1.82, 2.24) is 4.90 Å². The third-order valence-electron chi connectivity index (χ3n) is 6.42. The number of carbonyl (C=O) groups excluding carboxylic acids is 3. The van der Waals surface area contributed by atoms with Crippen molar-refractivity contribution in [3.8, 4) is 0 Å². The Kier molecular flexibility index (Phi) is 7.47. The van der Waals surface area contributed by atoms with Gasteiger partial charge in [0.2, 0.25) is 0 Å². The summed E-state index contributed by atoms with van der Waals surface area (Å²) in [5.41, 5.74) is 3.70. The maximum absolute atomic E-state index is 13.3. The number of hydrogen-bond donors (Lipinski definition) is 4. The number of benzene rings is 3. The van der Waals surface area contributed by atoms with Crippen LogP contribution in [0.4, 0.5) is 21.9 Å². The summed E-state index contributed by atoms with van der Waals surface area (Å²) in [6.45, 7) is 5.46. The van der Waals surface area contributed by atoms with Crippen molar-refractivity contribution in [2.24, 2.45) is 0 Å². The van der Waals surface area contributed by atoms with Gasteiger partial charge in [-0.3, -0.25) is 14.4 Å². The highest BCUT2D eigenvalue weighted by Gasteiger charge is 2.30. The fourth-order valence-corrected chi connectivity index (χ4v) is 4.41. The number of aliphatic carboxylic acids is 1. The fraction of sp³-hybridized carbons (Fsp3) is 0.241. The van der Waals surface area contributed by atoms with E-state index >= 15 is 0 Å². The third-order valence-corrected chi connectivity index (χ3v) is 6.42. The lowest BCUT2D eigenvalue weighted by molar-refractivity contribution is -0.137. The molecule has 0 bridgehead atoms. The minimum Gasteiger partial charge on any atom is -0.480 e. The van der Waals surface area contributed by atoms with Gasteiger partial charge in [-0.2, -0.15) is 0 Å². The second-order valence-electron chi connectivity index (χ2n) is 9.79. The molecule has 9 nitrogen and oxygen atoms in total. The van der Waals surface area contributed by atoms with Gasteiger partial charge >= 0.3 is 12.0 Å². The van der Waals surface area contributed by atoms with Crippen molar-refractivity contribution in [2.75, 3.05) is 29.0 Å². The molecule has 3 aromatic rings. The Balaban J connectivity index is 1.40. The zero-order chi connectivity index (χ0) is 27.4. The van der Waals surface area contributed by atoms with Crippen LogP contribution in [0.3, 0.4) is 0 Å². The Labute approximate surface area is 220 Å². The molecule has 1 aliphatic heterocycles. The van der Waals surface area contributed by atoms with Crippen LogP contribution in [-0.2, 0) is 11.2 Å². The Morgan fingerprint density at radius 2 is 1.63 bits per heavy atom. The van der Waals surface area contributed by atoms with Crippen molar-refractivity contribution < 1.29 is 24.3 Å². The van der Waals surface area contributed by atoms with E-state index in [-0.39, 0.29) is 24.3 Å². The van der Waals surface area contributed by atoms with Crippen LogP contribution in [0.25, 0.3) is 0 Å². The maximum Gasteiger partial charge on any atom is 0.323 e. The average molecular weight is 515 g/mol. The van der Waals surface area contributed by atoms with Crippen LogP contribution in [0.1, 0.15) is 45.7 Å². The number of carboxylic acid groups (broad SMARTS) is 1. The molecule has 1 aliphatic rings. The first-order valence-electron chi connectivity index (χ1n) is 12.2. The monoisotopic (exact) mass is 514 g/mol. The van der Waals surface area contributed by atoms with E-state index in [0.717, 1.165) is 11.1 Å². The van der Waals surface area contributed by atoms with Crippen LogP contribution in [0.2, 0.25) is 0 Å². The van der Waals surface area contributed by atoms with Crippen LogP contribution in [0.5, 0.6) is 0 Å². The molecule has 9 heteroatoms. The topological polar surface area (TPSA) is 128 Å². The molecule has 0 saturated carbocycles. The minimum absolute atomic E-state index is 0.144. The first-order valence-corrected chi connectivity index (χ1v) is 12.2. The molecule has 0 spiro atoms. The number of nitrogens with zero attached hydrogens (tertiary/aromatic N) is 1. The number of rotatable bonds is 8. The Morgan fingerprint density at radius 1 is 0.947 bits per heavy atom. The lowest BCUT2D eigenvalue weighted by Gasteiger charge is -2.29. The SMILES string of the molecule is Cc1ccccc1NC(=O)Nc1ccc(C(=O)C(C)(C)Nc2ccc3c(c2)CCN(CC(=O)O)C3=O)cc1. The second kappa shape index (κ2) is 10.8. The number of aryl methyl sites for hydroxylation is 1. The largest absolute Gasteiger partial charge is 0.480 e. The number of ketones is 1. The van der Waals surface area contributed by atoms with E-state index in [1.54, 1.807) is 50.2 Å². The van der Waals surface area contributed by atoms with Gasteiger partial charge in [0, 0.05) is 34.7 Å². The zero-order valence-corrected chi connectivity index (χ0v) is 21.5. The Morgan fingerprint density at radius 3 is 2.32 bits per heavy atom. The number of amides is 3. The summed E-state index contributed by atoms with van der Waals surface area (Å²) in [4.78, 5) is 50.6. The molecular formula is C29H30N4O5. The van der Waals surface area contributed by atoms with E-state index in [0.29, 0.717) is 41.2 Å². The number of para-hydroxylation sites is 1. The van der Waals surface area contributed by atoms with Crippen LogP contribution >= 0.6 is 0 Å². The van der Waals surface area contributed by atoms with Gasteiger partial charge in [0.05, 0.1) is 5.54 Å². The molecule has 38 heavy (non-hydrogen) atoms. The van der Waals surface area contributed by atoms with Gasteiger partial charge in [-0.05, 0) is 86.8 Å². The fourth-order valence-electron chi connectivity index (χ4n) is 4.41. The molecule has 0 aliphatic carbocycles. The summed E-state index contributed by atoms with van der Waals surface area (Å²) in [6.07, 6.45) is 0.532. The highest BCUT2D eigenvalue weighted by molar-refractivity contribution is 6.05. The number of hydrogen-bond acceptors (Lipinski definition) is 5.